The molecule has 1 fully saturated rings. The summed E-state index contributed by atoms with van der Waals surface area (Å²) in [6.07, 6.45) is 1.85. The summed E-state index contributed by atoms with van der Waals surface area (Å²) in [6, 6.07) is 0.340. The summed E-state index contributed by atoms with van der Waals surface area (Å²) in [5.74, 6) is -1.03. The van der Waals surface area contributed by atoms with Gasteiger partial charge in [0.25, 0.3) is 0 Å². The van der Waals surface area contributed by atoms with E-state index in [-0.39, 0.29) is 10.0 Å². The lowest BCUT2D eigenvalue weighted by Crippen LogP contribution is -2.36. The van der Waals surface area contributed by atoms with E-state index in [1.54, 1.807) is 0 Å². The Kier molecular flexibility index (Phi) is 3.86. The van der Waals surface area contributed by atoms with Crippen LogP contribution in [0.3, 0.4) is 0 Å². The predicted molar refractivity (Wildman–Crippen MR) is 66.3 cm³/mol. The van der Waals surface area contributed by atoms with Gasteiger partial charge in [-0.25, -0.2) is 9.78 Å². The van der Waals surface area contributed by atoms with Crippen molar-refractivity contribution in [3.05, 3.63) is 10.0 Å². The van der Waals surface area contributed by atoms with E-state index in [0.29, 0.717) is 11.2 Å². The Morgan fingerprint density at radius 3 is 2.76 bits per heavy atom. The van der Waals surface area contributed by atoms with Gasteiger partial charge in [0, 0.05) is 26.3 Å². The second kappa shape index (κ2) is 5.20. The smallest absolute Gasteiger partial charge is 0.349 e. The van der Waals surface area contributed by atoms with Crippen LogP contribution in [0.1, 0.15) is 22.5 Å². The van der Waals surface area contributed by atoms with Gasteiger partial charge in [0.15, 0.2) is 15.2 Å². The highest BCUT2D eigenvalue weighted by Gasteiger charge is 2.23. The Hall–Kier alpha value is -0.850. The first-order valence-electron chi connectivity index (χ1n) is 5.30. The molecule has 1 aliphatic heterocycles. The van der Waals surface area contributed by atoms with Crippen LogP contribution in [0.5, 0.6) is 0 Å². The first-order valence-corrected chi connectivity index (χ1v) is 6.49. The van der Waals surface area contributed by atoms with Crippen molar-refractivity contribution in [1.29, 1.82) is 0 Å². The van der Waals surface area contributed by atoms with Crippen LogP contribution in [0, 0.1) is 0 Å². The van der Waals surface area contributed by atoms with Crippen molar-refractivity contribution in [2.24, 2.45) is 0 Å². The largest absolute Gasteiger partial charge is 0.477 e. The summed E-state index contributed by atoms with van der Waals surface area (Å²) >= 11 is 6.90. The summed E-state index contributed by atoms with van der Waals surface area (Å²) in [4.78, 5) is 17.1. The van der Waals surface area contributed by atoms with Crippen LogP contribution in [0.4, 0.5) is 5.13 Å². The Morgan fingerprint density at radius 1 is 1.59 bits per heavy atom. The molecule has 5 nitrogen and oxygen atoms in total. The first-order chi connectivity index (χ1) is 8.09. The normalized spacial score (nSPS) is 17.1. The number of aromatic nitrogens is 1. The number of hydrogen-bond donors (Lipinski definition) is 1. The third kappa shape index (κ3) is 2.70. The fourth-order valence-electron chi connectivity index (χ4n) is 1.80. The lowest BCUT2D eigenvalue weighted by molar-refractivity contribution is 0.0702. The second-order valence-corrected chi connectivity index (χ2v) is 5.21. The standard InChI is InChI=1S/C10H13ClN2O3S/c1-13(6-2-4-16-5-3-6)10-12-8(11)7(17-10)9(14)15/h6H,2-5H2,1H3,(H,14,15). The summed E-state index contributed by atoms with van der Waals surface area (Å²) in [6.45, 7) is 1.47. The molecule has 1 N–H and O–H groups in total. The molecule has 0 radical (unpaired) electrons. The van der Waals surface area contributed by atoms with Gasteiger partial charge >= 0.3 is 5.97 Å². The molecule has 0 atom stereocenters. The van der Waals surface area contributed by atoms with Crippen LogP contribution < -0.4 is 4.90 Å². The molecule has 2 heterocycles. The van der Waals surface area contributed by atoms with Crippen molar-refractivity contribution in [2.75, 3.05) is 25.2 Å². The fourth-order valence-corrected chi connectivity index (χ4v) is 2.96. The summed E-state index contributed by atoms with van der Waals surface area (Å²) in [7, 11) is 1.91. The van der Waals surface area contributed by atoms with E-state index in [1.165, 1.54) is 0 Å². The van der Waals surface area contributed by atoms with Gasteiger partial charge in [0.2, 0.25) is 0 Å². The van der Waals surface area contributed by atoms with Gasteiger partial charge in [-0.15, -0.1) is 0 Å². The van der Waals surface area contributed by atoms with Crippen LogP contribution in [0.15, 0.2) is 0 Å². The molecule has 94 valence electrons. The van der Waals surface area contributed by atoms with Crippen molar-refractivity contribution in [3.8, 4) is 0 Å². The molecule has 0 saturated carbocycles. The average Bonchev–Trinajstić information content (AvgIpc) is 2.71. The number of thiazole rings is 1. The van der Waals surface area contributed by atoms with Crippen LogP contribution in [-0.2, 0) is 4.74 Å². The van der Waals surface area contributed by atoms with E-state index in [1.807, 2.05) is 11.9 Å². The molecule has 1 aliphatic rings. The van der Waals surface area contributed by atoms with E-state index in [2.05, 4.69) is 4.98 Å². The quantitative estimate of drug-likeness (QED) is 0.916. The SMILES string of the molecule is CN(c1nc(Cl)c(C(=O)O)s1)C1CCOCC1. The third-order valence-electron chi connectivity index (χ3n) is 2.81. The fraction of sp³-hybridized carbons (Fsp3) is 0.600. The molecule has 0 unspecified atom stereocenters. The number of aromatic carboxylic acids is 1. The zero-order valence-corrected chi connectivity index (χ0v) is 10.9. The average molecular weight is 277 g/mol. The number of carboxylic acids is 1. The Balaban J connectivity index is 2.15. The van der Waals surface area contributed by atoms with Gasteiger partial charge in [0.1, 0.15) is 0 Å². The van der Waals surface area contributed by atoms with Crippen LogP contribution >= 0.6 is 22.9 Å². The number of ether oxygens (including phenoxy) is 1. The van der Waals surface area contributed by atoms with E-state index < -0.39 is 5.97 Å². The molecule has 0 aliphatic carbocycles. The third-order valence-corrected chi connectivity index (χ3v) is 4.33. The van der Waals surface area contributed by atoms with Gasteiger partial charge < -0.3 is 14.7 Å². The molecule has 17 heavy (non-hydrogen) atoms. The van der Waals surface area contributed by atoms with E-state index >= 15 is 0 Å². The second-order valence-electron chi connectivity index (χ2n) is 3.88. The highest BCUT2D eigenvalue weighted by Crippen LogP contribution is 2.31. The molecule has 2 rings (SSSR count). The molecule has 1 aromatic heterocycles. The van der Waals surface area contributed by atoms with E-state index in [4.69, 9.17) is 21.4 Å². The summed E-state index contributed by atoms with van der Waals surface area (Å²) in [5, 5.41) is 9.64. The number of hydrogen-bond acceptors (Lipinski definition) is 5. The van der Waals surface area contributed by atoms with Gasteiger partial charge in [-0.2, -0.15) is 0 Å². The topological polar surface area (TPSA) is 62.7 Å². The maximum Gasteiger partial charge on any atom is 0.349 e. The monoisotopic (exact) mass is 276 g/mol. The lowest BCUT2D eigenvalue weighted by Gasteiger charge is -2.30. The van der Waals surface area contributed by atoms with Crippen molar-refractivity contribution in [2.45, 2.75) is 18.9 Å². The van der Waals surface area contributed by atoms with Crippen LogP contribution in [0.2, 0.25) is 5.15 Å². The number of halogens is 1. The zero-order chi connectivity index (χ0) is 12.4. The number of nitrogens with zero attached hydrogens (tertiary/aromatic N) is 2. The predicted octanol–water partition coefficient (Wildman–Crippen LogP) is 2.11. The molecule has 1 saturated heterocycles. The van der Waals surface area contributed by atoms with Crippen LogP contribution in [0.25, 0.3) is 0 Å². The highest BCUT2D eigenvalue weighted by atomic mass is 35.5. The summed E-state index contributed by atoms with van der Waals surface area (Å²) < 4.78 is 5.29. The van der Waals surface area contributed by atoms with Crippen molar-refractivity contribution in [1.82, 2.24) is 4.98 Å². The van der Waals surface area contributed by atoms with E-state index in [0.717, 1.165) is 37.4 Å². The molecule has 0 bridgehead atoms. The minimum Gasteiger partial charge on any atom is -0.477 e. The van der Waals surface area contributed by atoms with Crippen LogP contribution in [-0.4, -0.2) is 42.4 Å². The summed E-state index contributed by atoms with van der Waals surface area (Å²) in [5.41, 5.74) is 0. The highest BCUT2D eigenvalue weighted by molar-refractivity contribution is 7.18. The lowest BCUT2D eigenvalue weighted by atomic mass is 10.1. The molecule has 1 aromatic rings. The molecular weight excluding hydrogens is 264 g/mol. The Morgan fingerprint density at radius 2 is 2.24 bits per heavy atom. The van der Waals surface area contributed by atoms with Gasteiger partial charge in [-0.3, -0.25) is 0 Å². The molecule has 0 aromatic carbocycles. The minimum atomic E-state index is -1.03. The van der Waals surface area contributed by atoms with Gasteiger partial charge in [0.05, 0.1) is 0 Å². The van der Waals surface area contributed by atoms with E-state index in [9.17, 15) is 4.79 Å². The van der Waals surface area contributed by atoms with Gasteiger partial charge in [-0.1, -0.05) is 22.9 Å². The first kappa shape index (κ1) is 12.6. The maximum absolute atomic E-state index is 10.9. The molecular formula is C10H13ClN2O3S. The minimum absolute atomic E-state index is 0.0661. The number of carboxylic acid groups (broad SMARTS) is 1. The number of rotatable bonds is 3. The number of anilines is 1. The van der Waals surface area contributed by atoms with Crippen molar-refractivity contribution >= 4 is 34.0 Å². The molecule has 7 heteroatoms. The van der Waals surface area contributed by atoms with Crippen molar-refractivity contribution in [3.63, 3.8) is 0 Å². The number of carbonyl (C=O) groups is 1. The maximum atomic E-state index is 10.9. The Bertz CT molecular complexity index is 418. The molecule has 0 spiro atoms. The molecule has 0 amide bonds. The van der Waals surface area contributed by atoms with Gasteiger partial charge in [-0.05, 0) is 12.8 Å². The van der Waals surface area contributed by atoms with Crippen molar-refractivity contribution < 1.29 is 14.6 Å². The Labute approximate surface area is 108 Å². The zero-order valence-electron chi connectivity index (χ0n) is 9.35.